The van der Waals surface area contributed by atoms with Crippen molar-refractivity contribution in [2.24, 2.45) is 0 Å². The van der Waals surface area contributed by atoms with Gasteiger partial charge in [-0.05, 0) is 79.6 Å². The van der Waals surface area contributed by atoms with E-state index in [-0.39, 0.29) is 23.4 Å². The molecule has 7 heteroatoms. The first-order chi connectivity index (χ1) is 15.8. The Morgan fingerprint density at radius 3 is 2.52 bits per heavy atom. The Morgan fingerprint density at radius 2 is 1.76 bits per heavy atom. The number of nitrogens with zero attached hydrogens (tertiary/aromatic N) is 1. The van der Waals surface area contributed by atoms with E-state index in [0.29, 0.717) is 16.3 Å². The van der Waals surface area contributed by atoms with Crippen molar-refractivity contribution in [2.45, 2.75) is 44.0 Å². The third-order valence-corrected chi connectivity index (χ3v) is 8.07. The minimum atomic E-state index is -3.98. The van der Waals surface area contributed by atoms with Crippen molar-refractivity contribution in [2.75, 3.05) is 10.8 Å². The molecule has 0 spiro atoms. The van der Waals surface area contributed by atoms with Gasteiger partial charge in [-0.2, -0.15) is 0 Å². The molecule has 0 unspecified atom stereocenters. The average Bonchev–Trinajstić information content (AvgIpc) is 3.27. The second-order valence-electron chi connectivity index (χ2n) is 8.43. The highest BCUT2D eigenvalue weighted by Gasteiger charge is 2.29. The summed E-state index contributed by atoms with van der Waals surface area (Å²) < 4.78 is 28.2. The maximum Gasteiger partial charge on any atom is 0.264 e. The number of benzene rings is 3. The maximum absolute atomic E-state index is 13.5. The van der Waals surface area contributed by atoms with Crippen LogP contribution in [0.15, 0.2) is 71.6 Å². The number of carbonyl (C=O) groups is 1. The highest BCUT2D eigenvalue weighted by Crippen LogP contribution is 2.30. The second kappa shape index (κ2) is 9.57. The van der Waals surface area contributed by atoms with Crippen LogP contribution in [0.2, 0.25) is 5.02 Å². The topological polar surface area (TPSA) is 66.5 Å². The molecule has 1 aliphatic carbocycles. The quantitative estimate of drug-likeness (QED) is 0.502. The van der Waals surface area contributed by atoms with Gasteiger partial charge in [0.1, 0.15) is 6.54 Å². The molecule has 0 fully saturated rings. The number of amides is 1. The van der Waals surface area contributed by atoms with Crippen LogP contribution in [0.3, 0.4) is 0 Å². The Hall–Kier alpha value is -2.83. The third kappa shape index (κ3) is 5.07. The number of hydrogen-bond donors (Lipinski definition) is 1. The molecule has 3 aromatic carbocycles. The number of fused-ring (bicyclic) bond motifs is 1. The molecule has 33 heavy (non-hydrogen) atoms. The first-order valence-electron chi connectivity index (χ1n) is 11.0. The van der Waals surface area contributed by atoms with Gasteiger partial charge in [-0.3, -0.25) is 9.10 Å². The molecule has 0 aliphatic heterocycles. The van der Waals surface area contributed by atoms with Crippen molar-refractivity contribution in [3.63, 3.8) is 0 Å². The highest BCUT2D eigenvalue weighted by atomic mass is 35.5. The molecule has 1 N–H and O–H groups in total. The summed E-state index contributed by atoms with van der Waals surface area (Å²) in [5, 5.41) is 3.37. The fourth-order valence-corrected chi connectivity index (χ4v) is 5.90. The van der Waals surface area contributed by atoms with Crippen LogP contribution in [-0.4, -0.2) is 20.9 Å². The molecular formula is C26H27ClN2O3S. The van der Waals surface area contributed by atoms with Crippen molar-refractivity contribution in [1.82, 2.24) is 5.32 Å². The lowest BCUT2D eigenvalue weighted by atomic mass is 10.0. The molecule has 0 aromatic heterocycles. The van der Waals surface area contributed by atoms with Crippen LogP contribution in [0.5, 0.6) is 0 Å². The smallest absolute Gasteiger partial charge is 0.264 e. The van der Waals surface area contributed by atoms with E-state index in [9.17, 15) is 13.2 Å². The molecule has 4 rings (SSSR count). The molecule has 5 nitrogen and oxygen atoms in total. The Balaban J connectivity index is 1.61. The largest absolute Gasteiger partial charge is 0.348 e. The van der Waals surface area contributed by atoms with Crippen LogP contribution < -0.4 is 9.62 Å². The number of hydrogen-bond acceptors (Lipinski definition) is 3. The fraction of sp³-hybridized carbons (Fsp3) is 0.269. The van der Waals surface area contributed by atoms with Gasteiger partial charge in [0.25, 0.3) is 10.0 Å². The number of aryl methyl sites for hydroxylation is 3. The van der Waals surface area contributed by atoms with E-state index >= 15 is 0 Å². The molecule has 1 atom stereocenters. The Labute approximate surface area is 200 Å². The van der Waals surface area contributed by atoms with Gasteiger partial charge in [-0.15, -0.1) is 0 Å². The lowest BCUT2D eigenvalue weighted by Gasteiger charge is -2.26. The Morgan fingerprint density at radius 1 is 1.03 bits per heavy atom. The number of carbonyl (C=O) groups excluding carboxylic acids is 1. The highest BCUT2D eigenvalue weighted by molar-refractivity contribution is 7.92. The van der Waals surface area contributed by atoms with E-state index in [4.69, 9.17) is 11.6 Å². The van der Waals surface area contributed by atoms with Gasteiger partial charge in [-0.1, -0.05) is 54.1 Å². The Bertz CT molecular complexity index is 1280. The van der Waals surface area contributed by atoms with Gasteiger partial charge in [0.2, 0.25) is 5.91 Å². The van der Waals surface area contributed by atoms with Crippen LogP contribution in [0, 0.1) is 6.92 Å². The molecular weight excluding hydrogens is 456 g/mol. The first kappa shape index (κ1) is 23.3. The minimum absolute atomic E-state index is 0.115. The lowest BCUT2D eigenvalue weighted by molar-refractivity contribution is -0.120. The Kier molecular flexibility index (Phi) is 6.77. The summed E-state index contributed by atoms with van der Waals surface area (Å²) in [5.41, 5.74) is 4.80. The molecule has 0 saturated heterocycles. The summed E-state index contributed by atoms with van der Waals surface area (Å²) in [6.45, 7) is 3.35. The predicted octanol–water partition coefficient (Wildman–Crippen LogP) is 5.21. The monoisotopic (exact) mass is 482 g/mol. The van der Waals surface area contributed by atoms with Gasteiger partial charge in [0, 0.05) is 5.02 Å². The van der Waals surface area contributed by atoms with E-state index in [2.05, 4.69) is 17.4 Å². The van der Waals surface area contributed by atoms with Crippen molar-refractivity contribution in [3.8, 4) is 0 Å². The van der Waals surface area contributed by atoms with E-state index in [1.165, 1.54) is 23.3 Å². The molecule has 172 valence electrons. The first-order valence-corrected chi connectivity index (χ1v) is 12.8. The SMILES string of the molecule is Cc1ccc(Cl)cc1N(CC(=O)N[C@H](C)c1ccc2c(c1)CCC2)S(=O)(=O)c1ccccc1. The van der Waals surface area contributed by atoms with E-state index in [1.807, 2.05) is 13.0 Å². The van der Waals surface area contributed by atoms with Crippen molar-refractivity contribution in [3.05, 3.63) is 94.0 Å². The zero-order valence-corrected chi connectivity index (χ0v) is 20.3. The summed E-state index contributed by atoms with van der Waals surface area (Å²) >= 11 is 6.18. The maximum atomic E-state index is 13.5. The molecule has 0 saturated carbocycles. The standard InChI is InChI=1S/C26H27ClN2O3S/c1-18-11-14-23(27)16-25(18)29(33(31,32)24-9-4-3-5-10-24)17-26(30)28-19(2)21-13-12-20-7-6-8-22(20)15-21/h3-5,9-16,19H,6-8,17H2,1-2H3,(H,28,30)/t19-/m1/s1. The van der Waals surface area contributed by atoms with Gasteiger partial charge in [0.05, 0.1) is 16.6 Å². The predicted molar refractivity (Wildman–Crippen MR) is 132 cm³/mol. The molecule has 0 radical (unpaired) electrons. The summed E-state index contributed by atoms with van der Waals surface area (Å²) in [6.07, 6.45) is 3.31. The molecule has 0 bridgehead atoms. The number of nitrogens with one attached hydrogen (secondary N) is 1. The van der Waals surface area contributed by atoms with Crippen LogP contribution in [0.1, 0.15) is 41.6 Å². The number of rotatable bonds is 7. The van der Waals surface area contributed by atoms with E-state index in [1.54, 1.807) is 43.3 Å². The number of anilines is 1. The second-order valence-corrected chi connectivity index (χ2v) is 10.7. The fourth-order valence-electron chi connectivity index (χ4n) is 4.23. The number of sulfonamides is 1. The number of halogens is 1. The van der Waals surface area contributed by atoms with Gasteiger partial charge >= 0.3 is 0 Å². The van der Waals surface area contributed by atoms with Crippen LogP contribution in [0.4, 0.5) is 5.69 Å². The summed E-state index contributed by atoms with van der Waals surface area (Å²) in [5.74, 6) is -0.387. The van der Waals surface area contributed by atoms with Crippen molar-refractivity contribution < 1.29 is 13.2 Å². The van der Waals surface area contributed by atoms with Crippen LogP contribution in [0.25, 0.3) is 0 Å². The van der Waals surface area contributed by atoms with Crippen LogP contribution in [-0.2, 0) is 27.7 Å². The molecule has 1 aliphatic rings. The minimum Gasteiger partial charge on any atom is -0.348 e. The van der Waals surface area contributed by atoms with E-state index in [0.717, 1.165) is 29.1 Å². The summed E-state index contributed by atoms with van der Waals surface area (Å²) in [6, 6.07) is 19.2. The zero-order chi connectivity index (χ0) is 23.6. The van der Waals surface area contributed by atoms with Crippen molar-refractivity contribution in [1.29, 1.82) is 0 Å². The average molecular weight is 483 g/mol. The summed E-state index contributed by atoms with van der Waals surface area (Å²) in [7, 11) is -3.98. The molecule has 3 aromatic rings. The third-order valence-electron chi connectivity index (χ3n) is 6.06. The van der Waals surface area contributed by atoms with E-state index < -0.39 is 10.0 Å². The summed E-state index contributed by atoms with van der Waals surface area (Å²) in [4.78, 5) is 13.2. The van der Waals surface area contributed by atoms with Gasteiger partial charge < -0.3 is 5.32 Å². The van der Waals surface area contributed by atoms with Gasteiger partial charge in [0.15, 0.2) is 0 Å². The lowest BCUT2D eigenvalue weighted by Crippen LogP contribution is -2.42. The van der Waals surface area contributed by atoms with Gasteiger partial charge in [-0.25, -0.2) is 8.42 Å². The zero-order valence-electron chi connectivity index (χ0n) is 18.7. The molecule has 1 amide bonds. The normalized spacial score (nSPS) is 13.9. The van der Waals surface area contributed by atoms with Crippen LogP contribution >= 0.6 is 11.6 Å². The molecule has 0 heterocycles. The van der Waals surface area contributed by atoms with Crippen molar-refractivity contribution >= 4 is 33.2 Å².